The molecule has 1 aliphatic carbocycles. The Hall–Kier alpha value is -4.72. The zero-order chi connectivity index (χ0) is 29.1. The van der Waals surface area contributed by atoms with Crippen molar-refractivity contribution in [1.82, 2.24) is 34.4 Å². The number of fused-ring (bicyclic) bond motifs is 9. The molecule has 1 fully saturated rings. The molecular weight excluding hydrogens is 550 g/mol. The van der Waals surface area contributed by atoms with Crippen molar-refractivity contribution in [1.29, 1.82) is 0 Å². The van der Waals surface area contributed by atoms with E-state index in [1.807, 2.05) is 11.0 Å². The van der Waals surface area contributed by atoms with Crippen LogP contribution >= 0.6 is 0 Å². The molecule has 2 unspecified atom stereocenters. The molecule has 12 nitrogen and oxygen atoms in total. The number of piperazine rings is 1. The van der Waals surface area contributed by atoms with Gasteiger partial charge < -0.3 is 24.5 Å². The number of halogens is 2. The molecule has 0 radical (unpaired) electrons. The second kappa shape index (κ2) is 9.98. The van der Waals surface area contributed by atoms with Crippen molar-refractivity contribution in [2.24, 2.45) is 0 Å². The highest BCUT2D eigenvalue weighted by Crippen LogP contribution is 2.53. The van der Waals surface area contributed by atoms with Gasteiger partial charge in [-0.05, 0) is 24.6 Å². The van der Waals surface area contributed by atoms with Crippen LogP contribution in [0.2, 0.25) is 0 Å². The lowest BCUT2D eigenvalue weighted by Gasteiger charge is -2.34. The summed E-state index contributed by atoms with van der Waals surface area (Å²) in [4.78, 5) is 43.9. The van der Waals surface area contributed by atoms with Gasteiger partial charge in [0, 0.05) is 73.8 Å². The van der Waals surface area contributed by atoms with Gasteiger partial charge in [0.05, 0.1) is 22.9 Å². The standard InChI is InChI=1S/C28H26F2N8O4/c1-35-20-9-17(23-16(26(35)41)3-2-4-21(23)42-27(29)30)24-19-10-18(33-14-38(19)34-25(20)24)15-11-31-28(32-12-15)37-7-5-36(6-8-37)22(40)13-39/h2-4,10-12,14,17,20,27,39H,5-9,13H2,1H3. The summed E-state index contributed by atoms with van der Waals surface area (Å²) >= 11 is 0. The number of amides is 2. The van der Waals surface area contributed by atoms with Crippen molar-refractivity contribution in [2.75, 3.05) is 44.7 Å². The number of carbonyl (C=O) groups excluding carboxylic acids is 2. The lowest BCUT2D eigenvalue weighted by atomic mass is 9.88. The number of nitrogens with zero attached hydrogens (tertiary/aromatic N) is 8. The molecule has 14 heteroatoms. The van der Waals surface area contributed by atoms with Gasteiger partial charge in [0.1, 0.15) is 18.7 Å². The number of aliphatic hydroxyl groups excluding tert-OH is 1. The predicted octanol–water partition coefficient (Wildman–Crippen LogP) is 2.09. The average molecular weight is 577 g/mol. The molecule has 1 aromatic carbocycles. The highest BCUT2D eigenvalue weighted by Gasteiger charge is 2.46. The zero-order valence-electron chi connectivity index (χ0n) is 22.5. The second-order valence-corrected chi connectivity index (χ2v) is 10.5. The summed E-state index contributed by atoms with van der Waals surface area (Å²) in [5.41, 5.74) is 4.37. The Balaban J connectivity index is 1.23. The first-order chi connectivity index (χ1) is 20.3. The number of ether oxygens (including phenoxy) is 1. The molecule has 2 aliphatic heterocycles. The first-order valence-corrected chi connectivity index (χ1v) is 13.5. The fourth-order valence-corrected chi connectivity index (χ4v) is 6.30. The zero-order valence-corrected chi connectivity index (χ0v) is 22.5. The number of aromatic nitrogens is 5. The van der Waals surface area contributed by atoms with Crippen LogP contribution in [-0.4, -0.2) is 97.7 Å². The smallest absolute Gasteiger partial charge is 0.387 e. The van der Waals surface area contributed by atoms with Crippen LogP contribution in [0.1, 0.15) is 45.6 Å². The maximum atomic E-state index is 13.4. The van der Waals surface area contributed by atoms with Crippen LogP contribution in [-0.2, 0) is 4.79 Å². The van der Waals surface area contributed by atoms with Gasteiger partial charge >= 0.3 is 6.61 Å². The number of hydrogen-bond donors (Lipinski definition) is 1. The molecule has 3 aliphatic rings. The topological polar surface area (TPSA) is 129 Å². The van der Waals surface area contributed by atoms with E-state index in [-0.39, 0.29) is 29.5 Å². The van der Waals surface area contributed by atoms with Crippen molar-refractivity contribution in [2.45, 2.75) is 25.0 Å². The van der Waals surface area contributed by atoms with E-state index in [1.165, 1.54) is 6.07 Å². The molecule has 2 amide bonds. The van der Waals surface area contributed by atoms with Crippen molar-refractivity contribution in [3.63, 3.8) is 0 Å². The number of rotatable bonds is 5. The molecule has 0 saturated carbocycles. The van der Waals surface area contributed by atoms with E-state index in [2.05, 4.69) is 15.0 Å². The van der Waals surface area contributed by atoms with Gasteiger partial charge in [-0.2, -0.15) is 13.9 Å². The molecular formula is C28H26F2N8O4. The lowest BCUT2D eigenvalue weighted by molar-refractivity contribution is -0.134. The third-order valence-electron chi connectivity index (χ3n) is 8.35. The Morgan fingerprint density at radius 2 is 1.88 bits per heavy atom. The van der Waals surface area contributed by atoms with Crippen LogP contribution in [0.3, 0.4) is 0 Å². The molecule has 4 aromatic rings. The monoisotopic (exact) mass is 576 g/mol. The summed E-state index contributed by atoms with van der Waals surface area (Å²) < 4.78 is 33.3. The van der Waals surface area contributed by atoms with E-state index in [1.54, 1.807) is 52.2 Å². The first kappa shape index (κ1) is 26.2. The Morgan fingerprint density at radius 3 is 2.60 bits per heavy atom. The summed E-state index contributed by atoms with van der Waals surface area (Å²) in [5, 5.41) is 13.8. The van der Waals surface area contributed by atoms with Crippen LogP contribution in [0.5, 0.6) is 5.75 Å². The summed E-state index contributed by atoms with van der Waals surface area (Å²) in [5.74, 6) is -0.425. The van der Waals surface area contributed by atoms with Crippen LogP contribution < -0.4 is 9.64 Å². The minimum atomic E-state index is -3.03. The first-order valence-electron chi connectivity index (χ1n) is 13.5. The average Bonchev–Trinajstić information content (AvgIpc) is 3.53. The van der Waals surface area contributed by atoms with E-state index in [0.717, 1.165) is 11.1 Å². The maximum absolute atomic E-state index is 13.4. The minimum absolute atomic E-state index is 0.0121. The van der Waals surface area contributed by atoms with Gasteiger partial charge in [-0.25, -0.2) is 19.5 Å². The second-order valence-electron chi connectivity index (χ2n) is 10.5. The number of anilines is 1. The van der Waals surface area contributed by atoms with E-state index in [0.29, 0.717) is 66.6 Å². The molecule has 1 saturated heterocycles. The fraction of sp³-hybridized carbons (Fsp3) is 0.357. The van der Waals surface area contributed by atoms with Gasteiger partial charge in [-0.3, -0.25) is 9.59 Å². The number of carbonyl (C=O) groups is 2. The van der Waals surface area contributed by atoms with Gasteiger partial charge in [-0.15, -0.1) is 0 Å². The Morgan fingerprint density at radius 1 is 1.12 bits per heavy atom. The molecule has 0 spiro atoms. The van der Waals surface area contributed by atoms with Crippen LogP contribution in [0.25, 0.3) is 16.8 Å². The van der Waals surface area contributed by atoms with E-state index in [9.17, 15) is 18.4 Å². The quantitative estimate of drug-likeness (QED) is 0.380. The molecule has 5 heterocycles. The van der Waals surface area contributed by atoms with Crippen LogP contribution in [0.15, 0.2) is 43.0 Å². The Bertz CT molecular complexity index is 1700. The maximum Gasteiger partial charge on any atom is 0.387 e. The third kappa shape index (κ3) is 4.12. The normalized spacial score (nSPS) is 19.7. The number of hydrogen-bond acceptors (Lipinski definition) is 9. The summed E-state index contributed by atoms with van der Waals surface area (Å²) in [7, 11) is 1.70. The van der Waals surface area contributed by atoms with Crippen molar-refractivity contribution >= 4 is 23.3 Å². The highest BCUT2D eigenvalue weighted by molar-refractivity contribution is 5.98. The molecule has 3 aromatic heterocycles. The Kier molecular flexibility index (Phi) is 6.22. The SMILES string of the molecule is CN1C(=O)c2cccc(OC(F)F)c2C2CC1c1nn3cnc(-c4cnc(N5CCN(C(=O)CO)CC5)nc4)cc3c12. The number of benzene rings is 1. The van der Waals surface area contributed by atoms with E-state index in [4.69, 9.17) is 14.9 Å². The Labute approximate surface area is 238 Å². The molecule has 2 atom stereocenters. The fourth-order valence-electron chi connectivity index (χ4n) is 6.30. The lowest BCUT2D eigenvalue weighted by Crippen LogP contribution is -2.50. The molecule has 2 bridgehead atoms. The van der Waals surface area contributed by atoms with Crippen molar-refractivity contribution in [3.05, 3.63) is 65.4 Å². The largest absolute Gasteiger partial charge is 0.434 e. The van der Waals surface area contributed by atoms with Crippen molar-refractivity contribution < 1.29 is 28.2 Å². The predicted molar refractivity (Wildman–Crippen MR) is 144 cm³/mol. The molecule has 7 rings (SSSR count). The molecule has 216 valence electrons. The number of aliphatic hydroxyl groups is 1. The van der Waals surface area contributed by atoms with Crippen LogP contribution in [0.4, 0.5) is 14.7 Å². The summed E-state index contributed by atoms with van der Waals surface area (Å²) in [6.45, 7) is -1.48. The van der Waals surface area contributed by atoms with Crippen LogP contribution in [0, 0.1) is 0 Å². The van der Waals surface area contributed by atoms with Gasteiger partial charge in [0.2, 0.25) is 11.9 Å². The molecule has 42 heavy (non-hydrogen) atoms. The van der Waals surface area contributed by atoms with Gasteiger partial charge in [0.25, 0.3) is 5.91 Å². The van der Waals surface area contributed by atoms with Gasteiger partial charge in [-0.1, -0.05) is 6.07 Å². The summed E-state index contributed by atoms with van der Waals surface area (Å²) in [6.07, 6.45) is 5.45. The number of alkyl halides is 2. The van der Waals surface area contributed by atoms with E-state index >= 15 is 0 Å². The minimum Gasteiger partial charge on any atom is -0.434 e. The third-order valence-corrected chi connectivity index (χ3v) is 8.35. The van der Waals surface area contributed by atoms with Gasteiger partial charge in [0.15, 0.2) is 0 Å². The summed E-state index contributed by atoms with van der Waals surface area (Å²) in [6, 6.07) is 6.22. The highest BCUT2D eigenvalue weighted by atomic mass is 19.3. The van der Waals surface area contributed by atoms with Crippen molar-refractivity contribution in [3.8, 4) is 17.0 Å². The van der Waals surface area contributed by atoms with E-state index < -0.39 is 13.2 Å². The molecule has 1 N–H and O–H groups in total.